The average Bonchev–Trinajstić information content (AvgIpc) is 3.13. The first-order valence-corrected chi connectivity index (χ1v) is 17.4. The van der Waals surface area contributed by atoms with Gasteiger partial charge in [0.2, 0.25) is 0 Å². The summed E-state index contributed by atoms with van der Waals surface area (Å²) < 4.78 is 23.6. The van der Waals surface area contributed by atoms with Crippen LogP contribution >= 0.6 is 0 Å². The fourth-order valence-electron chi connectivity index (χ4n) is 9.46. The molecular formula is C41H47N3O7. The molecule has 0 saturated carbocycles. The summed E-state index contributed by atoms with van der Waals surface area (Å²) in [5, 5.41) is 27.1. The molecule has 1 saturated heterocycles. The number of amides is 1. The van der Waals surface area contributed by atoms with Gasteiger partial charge in [-0.15, -0.1) is 0 Å². The molecule has 3 aliphatic heterocycles. The second-order valence-corrected chi connectivity index (χ2v) is 13.8. The van der Waals surface area contributed by atoms with Crippen molar-refractivity contribution in [2.75, 3.05) is 42.0 Å². The largest absolute Gasteiger partial charge is 0.504 e. The Kier molecular flexibility index (Phi) is 9.01. The number of piperazine rings is 1. The lowest BCUT2D eigenvalue weighted by molar-refractivity contribution is -0.0846. The third kappa shape index (κ3) is 5.18. The standard InChI is InChI=1S/C41H47N3O7/c1-21-37(48-5)27-19-30-34-33-28(38(49-6)22(2)40(51-8)36(33)46)18-29(43(34)4)23(3)44(30)31(32(27)35(45)39(21)50-7)20-42-41(47)26-17-13-12-16-25(26)24-14-10-9-11-15-24/h9-17,23,29-31,34,45-46H,18-20H2,1-8H3,(H,42,47)/t23-,29-,30-,31-,34-/m0/s1. The van der Waals surface area contributed by atoms with Crippen molar-refractivity contribution in [2.45, 2.75) is 63.8 Å². The summed E-state index contributed by atoms with van der Waals surface area (Å²) in [5.74, 6) is 2.08. The van der Waals surface area contributed by atoms with Crippen LogP contribution in [-0.2, 0) is 12.8 Å². The van der Waals surface area contributed by atoms with Gasteiger partial charge in [-0.25, -0.2) is 0 Å². The van der Waals surface area contributed by atoms with Crippen molar-refractivity contribution >= 4 is 5.91 Å². The minimum atomic E-state index is -0.457. The molecule has 3 heterocycles. The van der Waals surface area contributed by atoms with Gasteiger partial charge in [0.25, 0.3) is 5.91 Å². The van der Waals surface area contributed by atoms with E-state index >= 15 is 0 Å². The van der Waals surface area contributed by atoms with Crippen molar-refractivity contribution in [3.05, 3.63) is 93.5 Å². The van der Waals surface area contributed by atoms with E-state index < -0.39 is 6.04 Å². The zero-order valence-corrected chi connectivity index (χ0v) is 30.5. The fourth-order valence-corrected chi connectivity index (χ4v) is 9.46. The van der Waals surface area contributed by atoms with E-state index in [0.29, 0.717) is 46.8 Å². The Morgan fingerprint density at radius 2 is 1.29 bits per heavy atom. The van der Waals surface area contributed by atoms with Crippen LogP contribution in [0.4, 0.5) is 0 Å². The highest BCUT2D eigenvalue weighted by atomic mass is 16.5. The number of carbonyl (C=O) groups excluding carboxylic acids is 1. The van der Waals surface area contributed by atoms with E-state index in [1.165, 1.54) is 0 Å². The van der Waals surface area contributed by atoms with Gasteiger partial charge in [0, 0.05) is 63.6 Å². The summed E-state index contributed by atoms with van der Waals surface area (Å²) in [7, 11) is 8.52. The number of ether oxygens (including phenoxy) is 4. The molecule has 10 heteroatoms. The Hall–Kier alpha value is -4.93. The van der Waals surface area contributed by atoms with E-state index in [1.807, 2.05) is 68.4 Å². The summed E-state index contributed by atoms with van der Waals surface area (Å²) in [6, 6.07) is 16.6. The molecular weight excluding hydrogens is 646 g/mol. The molecule has 0 aliphatic carbocycles. The molecule has 4 aromatic carbocycles. The number of methoxy groups -OCH3 is 4. The number of nitrogens with zero attached hydrogens (tertiary/aromatic N) is 2. The number of likely N-dealkylation sites (N-methyl/N-ethyl adjacent to an activating group) is 1. The summed E-state index contributed by atoms with van der Waals surface area (Å²) >= 11 is 0. The van der Waals surface area contributed by atoms with Gasteiger partial charge in [-0.3, -0.25) is 14.6 Å². The number of nitrogens with one attached hydrogen (secondary N) is 1. The monoisotopic (exact) mass is 693 g/mol. The molecule has 0 radical (unpaired) electrons. The minimum absolute atomic E-state index is 0.0250. The Morgan fingerprint density at radius 1 is 0.765 bits per heavy atom. The van der Waals surface area contributed by atoms with Gasteiger partial charge in [-0.05, 0) is 57.9 Å². The number of hydrogen-bond donors (Lipinski definition) is 3. The molecule has 0 aromatic heterocycles. The smallest absolute Gasteiger partial charge is 0.251 e. The van der Waals surface area contributed by atoms with E-state index in [2.05, 4.69) is 29.1 Å². The summed E-state index contributed by atoms with van der Waals surface area (Å²) in [6.45, 7) is 6.22. The van der Waals surface area contributed by atoms with Gasteiger partial charge in [0.15, 0.2) is 23.0 Å². The molecule has 10 nitrogen and oxygen atoms in total. The van der Waals surface area contributed by atoms with Crippen molar-refractivity contribution in [3.63, 3.8) is 0 Å². The summed E-state index contributed by atoms with van der Waals surface area (Å²) in [6.07, 6.45) is 1.15. The van der Waals surface area contributed by atoms with E-state index in [-0.39, 0.29) is 48.1 Å². The number of phenols is 2. The number of benzene rings is 4. The van der Waals surface area contributed by atoms with Crippen LogP contribution in [0.2, 0.25) is 0 Å². The molecule has 0 spiro atoms. The molecule has 268 valence electrons. The second kappa shape index (κ2) is 13.3. The van der Waals surface area contributed by atoms with Crippen LogP contribution in [0.1, 0.15) is 62.7 Å². The first-order chi connectivity index (χ1) is 24.6. The number of hydrogen-bond acceptors (Lipinski definition) is 9. The molecule has 2 bridgehead atoms. The number of fused-ring (bicyclic) bond motifs is 7. The average molecular weight is 694 g/mol. The van der Waals surface area contributed by atoms with E-state index in [1.54, 1.807) is 28.4 Å². The zero-order chi connectivity index (χ0) is 36.3. The third-order valence-corrected chi connectivity index (χ3v) is 11.6. The van der Waals surface area contributed by atoms with Crippen LogP contribution in [0, 0.1) is 13.8 Å². The van der Waals surface area contributed by atoms with Crippen molar-refractivity contribution in [3.8, 4) is 45.6 Å². The Morgan fingerprint density at radius 3 is 1.90 bits per heavy atom. The highest BCUT2D eigenvalue weighted by molar-refractivity contribution is 6.00. The fraction of sp³-hybridized carbons (Fsp3) is 0.390. The molecule has 3 N–H and O–H groups in total. The van der Waals surface area contributed by atoms with Crippen LogP contribution in [-0.4, -0.2) is 86.1 Å². The van der Waals surface area contributed by atoms with E-state index in [9.17, 15) is 15.0 Å². The molecule has 1 fully saturated rings. The SMILES string of the molecule is COc1c(C)c(OC)c2c(c1O)[C@@H]1[C@@H]3Cc4c(OC)c(C)c(OC)c(O)c4[C@H](CNC(=O)c4ccccc4-c4ccccc4)N3[C@@H](C)[C@H](C2)N1C. The first-order valence-electron chi connectivity index (χ1n) is 17.4. The highest BCUT2D eigenvalue weighted by Gasteiger charge is 2.55. The molecule has 7 rings (SSSR count). The van der Waals surface area contributed by atoms with Gasteiger partial charge in [0.1, 0.15) is 11.5 Å². The normalized spacial score (nSPS) is 22.3. The Balaban J connectivity index is 1.39. The minimum Gasteiger partial charge on any atom is -0.504 e. The molecule has 5 atom stereocenters. The Labute approximate surface area is 299 Å². The number of carbonyl (C=O) groups is 1. The maximum Gasteiger partial charge on any atom is 0.251 e. The van der Waals surface area contributed by atoms with Gasteiger partial charge in [-0.1, -0.05) is 48.5 Å². The number of phenolic OH excluding ortho intramolecular Hbond substituents is 2. The van der Waals surface area contributed by atoms with Gasteiger partial charge in [0.05, 0.1) is 40.5 Å². The number of aromatic hydroxyl groups is 2. The highest BCUT2D eigenvalue weighted by Crippen LogP contribution is 2.58. The predicted molar refractivity (Wildman–Crippen MR) is 196 cm³/mol. The molecule has 4 aromatic rings. The lowest BCUT2D eigenvalue weighted by Gasteiger charge is -2.61. The van der Waals surface area contributed by atoms with Crippen LogP contribution in [0.3, 0.4) is 0 Å². The van der Waals surface area contributed by atoms with Gasteiger partial charge >= 0.3 is 0 Å². The zero-order valence-electron chi connectivity index (χ0n) is 30.5. The van der Waals surface area contributed by atoms with Crippen molar-refractivity contribution in [1.29, 1.82) is 0 Å². The van der Waals surface area contributed by atoms with Gasteiger partial charge in [-0.2, -0.15) is 0 Å². The summed E-state index contributed by atoms with van der Waals surface area (Å²) in [5.41, 5.74) is 7.13. The molecule has 51 heavy (non-hydrogen) atoms. The van der Waals surface area contributed by atoms with E-state index in [4.69, 9.17) is 18.9 Å². The second-order valence-electron chi connectivity index (χ2n) is 13.8. The van der Waals surface area contributed by atoms with Crippen molar-refractivity contribution < 1.29 is 34.0 Å². The topological polar surface area (TPSA) is 113 Å². The molecule has 0 unspecified atom stereocenters. The van der Waals surface area contributed by atoms with Crippen LogP contribution in [0.15, 0.2) is 54.6 Å². The van der Waals surface area contributed by atoms with Crippen LogP contribution in [0.5, 0.6) is 34.5 Å². The third-order valence-electron chi connectivity index (χ3n) is 11.6. The lowest BCUT2D eigenvalue weighted by atomic mass is 9.71. The van der Waals surface area contributed by atoms with Crippen molar-refractivity contribution in [2.24, 2.45) is 0 Å². The van der Waals surface area contributed by atoms with Crippen molar-refractivity contribution in [1.82, 2.24) is 15.1 Å². The lowest BCUT2D eigenvalue weighted by Crippen LogP contribution is -2.68. The molecule has 1 amide bonds. The quantitative estimate of drug-likeness (QED) is 0.201. The Bertz CT molecular complexity index is 2000. The predicted octanol–water partition coefficient (Wildman–Crippen LogP) is 6.11. The van der Waals surface area contributed by atoms with E-state index in [0.717, 1.165) is 39.1 Å². The first kappa shape index (κ1) is 34.5. The van der Waals surface area contributed by atoms with Gasteiger partial charge < -0.3 is 34.5 Å². The maximum atomic E-state index is 14.1. The maximum absolute atomic E-state index is 14.1. The number of rotatable bonds is 8. The van der Waals surface area contributed by atoms with Crippen LogP contribution in [0.25, 0.3) is 11.1 Å². The molecule has 3 aliphatic rings. The van der Waals surface area contributed by atoms with Crippen LogP contribution < -0.4 is 24.3 Å². The summed E-state index contributed by atoms with van der Waals surface area (Å²) in [4.78, 5) is 18.9.